The SMILES string of the molecule is COc1cccc(CC2CCNCC2)c1O. The summed E-state index contributed by atoms with van der Waals surface area (Å²) in [5.74, 6) is 1.56. The van der Waals surface area contributed by atoms with Gasteiger partial charge < -0.3 is 15.2 Å². The van der Waals surface area contributed by atoms with Gasteiger partial charge in [-0.2, -0.15) is 0 Å². The molecule has 1 saturated heterocycles. The van der Waals surface area contributed by atoms with Gasteiger partial charge in [0.05, 0.1) is 7.11 Å². The fourth-order valence-electron chi connectivity index (χ4n) is 2.29. The first-order valence-electron chi connectivity index (χ1n) is 5.87. The first-order chi connectivity index (χ1) is 7.81. The van der Waals surface area contributed by atoms with Gasteiger partial charge in [0.25, 0.3) is 0 Å². The van der Waals surface area contributed by atoms with E-state index in [0.29, 0.717) is 17.4 Å². The maximum Gasteiger partial charge on any atom is 0.160 e. The van der Waals surface area contributed by atoms with Gasteiger partial charge in [0, 0.05) is 0 Å². The number of aromatic hydroxyl groups is 1. The number of rotatable bonds is 3. The molecule has 16 heavy (non-hydrogen) atoms. The second-order valence-electron chi connectivity index (χ2n) is 4.37. The molecule has 1 aliphatic rings. The van der Waals surface area contributed by atoms with Crippen molar-refractivity contribution >= 4 is 0 Å². The van der Waals surface area contributed by atoms with Crippen LogP contribution >= 0.6 is 0 Å². The monoisotopic (exact) mass is 221 g/mol. The zero-order valence-corrected chi connectivity index (χ0v) is 9.70. The summed E-state index contributed by atoms with van der Waals surface area (Å²) < 4.78 is 5.11. The number of ether oxygens (including phenoxy) is 1. The van der Waals surface area contributed by atoms with E-state index in [2.05, 4.69) is 5.32 Å². The summed E-state index contributed by atoms with van der Waals surface area (Å²) in [5, 5.41) is 13.3. The number of benzene rings is 1. The third-order valence-corrected chi connectivity index (χ3v) is 3.27. The summed E-state index contributed by atoms with van der Waals surface area (Å²) in [7, 11) is 1.59. The highest BCUT2D eigenvalue weighted by atomic mass is 16.5. The second-order valence-corrected chi connectivity index (χ2v) is 4.37. The third-order valence-electron chi connectivity index (χ3n) is 3.27. The van der Waals surface area contributed by atoms with Crippen molar-refractivity contribution in [1.82, 2.24) is 5.32 Å². The molecule has 0 unspecified atom stereocenters. The zero-order chi connectivity index (χ0) is 11.4. The van der Waals surface area contributed by atoms with Crippen molar-refractivity contribution in [1.29, 1.82) is 0 Å². The molecular weight excluding hydrogens is 202 g/mol. The number of phenols is 1. The molecule has 1 aromatic rings. The Morgan fingerprint density at radius 1 is 1.38 bits per heavy atom. The van der Waals surface area contributed by atoms with Crippen molar-refractivity contribution in [3.8, 4) is 11.5 Å². The Morgan fingerprint density at radius 2 is 2.12 bits per heavy atom. The van der Waals surface area contributed by atoms with Crippen LogP contribution in [0.2, 0.25) is 0 Å². The smallest absolute Gasteiger partial charge is 0.160 e. The predicted molar refractivity (Wildman–Crippen MR) is 64.0 cm³/mol. The predicted octanol–water partition coefficient (Wildman–Crippen LogP) is 1.94. The highest BCUT2D eigenvalue weighted by Crippen LogP contribution is 2.32. The summed E-state index contributed by atoms with van der Waals surface area (Å²) in [6.45, 7) is 2.19. The summed E-state index contributed by atoms with van der Waals surface area (Å²) in [6, 6.07) is 5.72. The number of piperidine rings is 1. The van der Waals surface area contributed by atoms with Crippen LogP contribution in [0, 0.1) is 5.92 Å². The first kappa shape index (κ1) is 11.3. The van der Waals surface area contributed by atoms with Crippen molar-refractivity contribution in [2.45, 2.75) is 19.3 Å². The van der Waals surface area contributed by atoms with Crippen LogP contribution in [0.15, 0.2) is 18.2 Å². The summed E-state index contributed by atoms with van der Waals surface area (Å²) in [4.78, 5) is 0. The van der Waals surface area contributed by atoms with Crippen LogP contribution < -0.4 is 10.1 Å². The highest BCUT2D eigenvalue weighted by Gasteiger charge is 2.16. The highest BCUT2D eigenvalue weighted by molar-refractivity contribution is 5.45. The largest absolute Gasteiger partial charge is 0.504 e. The summed E-state index contributed by atoms with van der Waals surface area (Å²) in [5.41, 5.74) is 1.01. The lowest BCUT2D eigenvalue weighted by atomic mass is 9.90. The van der Waals surface area contributed by atoms with E-state index in [1.807, 2.05) is 12.1 Å². The van der Waals surface area contributed by atoms with E-state index in [0.717, 1.165) is 25.1 Å². The van der Waals surface area contributed by atoms with Crippen LogP contribution in [0.25, 0.3) is 0 Å². The summed E-state index contributed by atoms with van der Waals surface area (Å²) in [6.07, 6.45) is 3.33. The van der Waals surface area contributed by atoms with Crippen LogP contribution in [0.5, 0.6) is 11.5 Å². The number of hydrogen-bond donors (Lipinski definition) is 2. The average Bonchev–Trinajstić information content (AvgIpc) is 2.33. The van der Waals surface area contributed by atoms with Crippen LogP contribution in [0.3, 0.4) is 0 Å². The third kappa shape index (κ3) is 2.47. The molecule has 3 heteroatoms. The number of phenolic OH excluding ortho intramolecular Hbond substituents is 1. The maximum absolute atomic E-state index is 9.98. The van der Waals surface area contributed by atoms with Gasteiger partial charge in [0.15, 0.2) is 11.5 Å². The van der Waals surface area contributed by atoms with E-state index in [9.17, 15) is 5.11 Å². The van der Waals surface area contributed by atoms with E-state index in [-0.39, 0.29) is 0 Å². The molecule has 0 amide bonds. The van der Waals surface area contributed by atoms with Crippen LogP contribution in [-0.2, 0) is 6.42 Å². The van der Waals surface area contributed by atoms with Gasteiger partial charge >= 0.3 is 0 Å². The average molecular weight is 221 g/mol. The van der Waals surface area contributed by atoms with Gasteiger partial charge in [-0.15, -0.1) is 0 Å². The summed E-state index contributed by atoms with van der Waals surface area (Å²) >= 11 is 0. The fourth-order valence-corrected chi connectivity index (χ4v) is 2.29. The quantitative estimate of drug-likeness (QED) is 0.819. The van der Waals surface area contributed by atoms with Gasteiger partial charge in [-0.25, -0.2) is 0 Å². The molecule has 3 nitrogen and oxygen atoms in total. The Labute approximate surface area is 96.4 Å². The van der Waals surface area contributed by atoms with Crippen molar-refractivity contribution in [3.05, 3.63) is 23.8 Å². The van der Waals surface area contributed by atoms with Crippen molar-refractivity contribution < 1.29 is 9.84 Å². The van der Waals surface area contributed by atoms with Gasteiger partial charge in [-0.3, -0.25) is 0 Å². The topological polar surface area (TPSA) is 41.5 Å². The normalized spacial score (nSPS) is 17.3. The van der Waals surface area contributed by atoms with Crippen molar-refractivity contribution in [2.24, 2.45) is 5.92 Å². The minimum atomic E-state index is 0.309. The van der Waals surface area contributed by atoms with E-state index >= 15 is 0 Å². The molecule has 0 radical (unpaired) electrons. The lowest BCUT2D eigenvalue weighted by Crippen LogP contribution is -2.28. The second kappa shape index (κ2) is 5.21. The van der Waals surface area contributed by atoms with E-state index < -0.39 is 0 Å². The zero-order valence-electron chi connectivity index (χ0n) is 9.70. The lowest BCUT2D eigenvalue weighted by Gasteiger charge is -2.23. The molecule has 1 aromatic carbocycles. The minimum Gasteiger partial charge on any atom is -0.504 e. The van der Waals surface area contributed by atoms with E-state index in [1.54, 1.807) is 13.2 Å². The molecule has 1 fully saturated rings. The molecule has 0 bridgehead atoms. The van der Waals surface area contributed by atoms with Gasteiger partial charge in [-0.05, 0) is 49.9 Å². The van der Waals surface area contributed by atoms with Gasteiger partial charge in [0.2, 0.25) is 0 Å². The van der Waals surface area contributed by atoms with Crippen LogP contribution in [-0.4, -0.2) is 25.3 Å². The Hall–Kier alpha value is -1.22. The molecule has 88 valence electrons. The van der Waals surface area contributed by atoms with Crippen molar-refractivity contribution in [3.63, 3.8) is 0 Å². The molecule has 2 rings (SSSR count). The molecule has 2 N–H and O–H groups in total. The van der Waals surface area contributed by atoms with Crippen LogP contribution in [0.1, 0.15) is 18.4 Å². The Morgan fingerprint density at radius 3 is 2.81 bits per heavy atom. The maximum atomic E-state index is 9.98. The van der Waals surface area contributed by atoms with E-state index in [4.69, 9.17) is 4.74 Å². The lowest BCUT2D eigenvalue weighted by molar-refractivity contribution is 0.352. The fraction of sp³-hybridized carbons (Fsp3) is 0.538. The standard InChI is InChI=1S/C13H19NO2/c1-16-12-4-2-3-11(13(12)15)9-10-5-7-14-8-6-10/h2-4,10,14-15H,5-9H2,1H3. The number of nitrogens with one attached hydrogen (secondary N) is 1. The molecule has 1 heterocycles. The Balaban J connectivity index is 2.08. The molecule has 0 aliphatic carbocycles. The van der Waals surface area contributed by atoms with Gasteiger partial charge in [-0.1, -0.05) is 12.1 Å². The molecule has 0 spiro atoms. The Bertz CT molecular complexity index is 346. The minimum absolute atomic E-state index is 0.309. The van der Waals surface area contributed by atoms with E-state index in [1.165, 1.54) is 12.8 Å². The Kier molecular flexibility index (Phi) is 3.67. The molecule has 1 aliphatic heterocycles. The molecule has 0 atom stereocenters. The van der Waals surface area contributed by atoms with Crippen LogP contribution in [0.4, 0.5) is 0 Å². The first-order valence-corrected chi connectivity index (χ1v) is 5.87. The molecule has 0 aromatic heterocycles. The van der Waals surface area contributed by atoms with Crippen molar-refractivity contribution in [2.75, 3.05) is 20.2 Å². The molecular formula is C13H19NO2. The number of methoxy groups -OCH3 is 1. The molecule has 0 saturated carbocycles. The number of hydrogen-bond acceptors (Lipinski definition) is 3. The van der Waals surface area contributed by atoms with Gasteiger partial charge in [0.1, 0.15) is 0 Å². The number of para-hydroxylation sites is 1.